The summed E-state index contributed by atoms with van der Waals surface area (Å²) < 4.78 is 22.8. The second kappa shape index (κ2) is 6.58. The van der Waals surface area contributed by atoms with Crippen molar-refractivity contribution in [2.75, 3.05) is 25.1 Å². The Balaban J connectivity index is 1.99. The molecule has 0 bridgehead atoms. The predicted molar refractivity (Wildman–Crippen MR) is 81.1 cm³/mol. The molecule has 5 nitrogen and oxygen atoms in total. The number of rotatable bonds is 5. The zero-order valence-corrected chi connectivity index (χ0v) is 13.0. The predicted octanol–water partition coefficient (Wildman–Crippen LogP) is 1.64. The van der Waals surface area contributed by atoms with Crippen molar-refractivity contribution in [1.29, 1.82) is 0 Å². The minimum absolute atomic E-state index is 0.177. The molecule has 0 spiro atoms. The van der Waals surface area contributed by atoms with Crippen molar-refractivity contribution < 1.29 is 18.3 Å². The highest BCUT2D eigenvalue weighted by Gasteiger charge is 2.23. The van der Waals surface area contributed by atoms with E-state index >= 15 is 0 Å². The van der Waals surface area contributed by atoms with Crippen LogP contribution >= 0.6 is 0 Å². The first kappa shape index (κ1) is 16.0. The van der Waals surface area contributed by atoms with Gasteiger partial charge in [-0.25, -0.2) is 13.2 Å². The molecule has 1 aromatic carbocycles. The molecule has 1 atom stereocenters. The van der Waals surface area contributed by atoms with Crippen LogP contribution in [0.25, 0.3) is 0 Å². The minimum Gasteiger partial charge on any atom is -0.478 e. The number of likely N-dealkylation sites (tertiary alicyclic amines) is 1. The van der Waals surface area contributed by atoms with Crippen LogP contribution in [0.2, 0.25) is 0 Å². The fraction of sp³-hybridized carbons (Fsp3) is 0.533. The van der Waals surface area contributed by atoms with E-state index < -0.39 is 15.8 Å². The standard InChI is InChI=1S/C15H21NO4S/c1-21(19,20)11-13-5-3-7-16(10-13)9-12-4-2-6-14(8-12)15(17)18/h2,4,6,8,13H,3,5,7,9-11H2,1H3,(H,17,18)/t13-/m0/s1. The van der Waals surface area contributed by atoms with Crippen molar-refractivity contribution in [1.82, 2.24) is 4.90 Å². The van der Waals surface area contributed by atoms with Crippen LogP contribution in [-0.4, -0.2) is 49.5 Å². The SMILES string of the molecule is CS(=O)(=O)C[C@H]1CCCN(Cc2cccc(C(=O)O)c2)C1. The molecule has 0 radical (unpaired) electrons. The average Bonchev–Trinajstić information content (AvgIpc) is 2.37. The minimum atomic E-state index is -2.94. The third-order valence-corrected chi connectivity index (χ3v) is 4.80. The third-order valence-electron chi connectivity index (χ3n) is 3.72. The van der Waals surface area contributed by atoms with Crippen molar-refractivity contribution >= 4 is 15.8 Å². The Labute approximate surface area is 125 Å². The molecule has 1 heterocycles. The highest BCUT2D eigenvalue weighted by molar-refractivity contribution is 7.90. The Morgan fingerprint density at radius 2 is 2.19 bits per heavy atom. The maximum Gasteiger partial charge on any atom is 0.335 e. The summed E-state index contributed by atoms with van der Waals surface area (Å²) >= 11 is 0. The van der Waals surface area contributed by atoms with E-state index in [0.717, 1.165) is 31.5 Å². The molecule has 21 heavy (non-hydrogen) atoms. The Bertz CT molecular complexity index is 612. The number of hydrogen-bond acceptors (Lipinski definition) is 4. The van der Waals surface area contributed by atoms with Gasteiger partial charge in [0.05, 0.1) is 11.3 Å². The molecule has 1 saturated heterocycles. The molecular formula is C15H21NO4S. The number of carboxylic acids is 1. The molecule has 1 fully saturated rings. The van der Waals surface area contributed by atoms with Crippen LogP contribution in [0.5, 0.6) is 0 Å². The van der Waals surface area contributed by atoms with Crippen LogP contribution in [0, 0.1) is 5.92 Å². The van der Waals surface area contributed by atoms with E-state index in [1.165, 1.54) is 6.26 Å². The molecule has 6 heteroatoms. The first-order chi connectivity index (χ1) is 9.83. The summed E-state index contributed by atoms with van der Waals surface area (Å²) in [6.07, 6.45) is 3.21. The number of benzene rings is 1. The van der Waals surface area contributed by atoms with Gasteiger partial charge in [-0.2, -0.15) is 0 Å². The largest absolute Gasteiger partial charge is 0.478 e. The maximum atomic E-state index is 11.4. The van der Waals surface area contributed by atoms with E-state index in [4.69, 9.17) is 5.11 Å². The van der Waals surface area contributed by atoms with E-state index in [2.05, 4.69) is 4.90 Å². The molecule has 0 aromatic heterocycles. The number of nitrogens with zero attached hydrogens (tertiary/aromatic N) is 1. The molecule has 1 aliphatic heterocycles. The fourth-order valence-corrected chi connectivity index (χ4v) is 4.05. The maximum absolute atomic E-state index is 11.4. The Morgan fingerprint density at radius 3 is 2.86 bits per heavy atom. The summed E-state index contributed by atoms with van der Waals surface area (Å²) in [7, 11) is -2.94. The lowest BCUT2D eigenvalue weighted by Crippen LogP contribution is -2.37. The van der Waals surface area contributed by atoms with Gasteiger partial charge in [-0.15, -0.1) is 0 Å². The van der Waals surface area contributed by atoms with Crippen molar-refractivity contribution in [3.63, 3.8) is 0 Å². The van der Waals surface area contributed by atoms with Gasteiger partial charge < -0.3 is 5.11 Å². The molecule has 0 aliphatic carbocycles. The van der Waals surface area contributed by atoms with Gasteiger partial charge in [-0.1, -0.05) is 12.1 Å². The Morgan fingerprint density at radius 1 is 1.43 bits per heavy atom. The zero-order chi connectivity index (χ0) is 15.5. The summed E-state index contributed by atoms with van der Waals surface area (Å²) in [4.78, 5) is 13.2. The molecule has 2 rings (SSSR count). The topological polar surface area (TPSA) is 74.7 Å². The molecule has 0 amide bonds. The van der Waals surface area contributed by atoms with Gasteiger partial charge in [0, 0.05) is 19.3 Å². The normalized spacial score (nSPS) is 20.3. The Hall–Kier alpha value is -1.40. The first-order valence-electron chi connectivity index (χ1n) is 7.06. The first-order valence-corrected chi connectivity index (χ1v) is 9.12. The van der Waals surface area contributed by atoms with E-state index in [0.29, 0.717) is 6.54 Å². The number of hydrogen-bond donors (Lipinski definition) is 1. The highest BCUT2D eigenvalue weighted by atomic mass is 32.2. The van der Waals surface area contributed by atoms with E-state index in [1.807, 2.05) is 6.07 Å². The van der Waals surface area contributed by atoms with Crippen molar-refractivity contribution in [3.8, 4) is 0 Å². The molecule has 1 aliphatic rings. The lowest BCUT2D eigenvalue weighted by molar-refractivity contribution is 0.0696. The number of carboxylic acid groups (broad SMARTS) is 1. The molecular weight excluding hydrogens is 290 g/mol. The molecule has 0 saturated carbocycles. The van der Waals surface area contributed by atoms with Gasteiger partial charge >= 0.3 is 5.97 Å². The zero-order valence-electron chi connectivity index (χ0n) is 12.2. The van der Waals surface area contributed by atoms with E-state index in [1.54, 1.807) is 18.2 Å². The summed E-state index contributed by atoms with van der Waals surface area (Å²) in [5, 5.41) is 9.00. The second-order valence-corrected chi connectivity index (χ2v) is 8.03. The number of aromatic carboxylic acids is 1. The van der Waals surface area contributed by atoms with Crippen molar-refractivity contribution in [2.45, 2.75) is 19.4 Å². The summed E-state index contributed by atoms with van der Waals surface area (Å²) in [6, 6.07) is 6.92. The quantitative estimate of drug-likeness (QED) is 0.895. The highest BCUT2D eigenvalue weighted by Crippen LogP contribution is 2.20. The van der Waals surface area contributed by atoms with Gasteiger partial charge in [0.15, 0.2) is 0 Å². The molecule has 1 N–H and O–H groups in total. The van der Waals surface area contributed by atoms with Gasteiger partial charge in [0.2, 0.25) is 0 Å². The van der Waals surface area contributed by atoms with Gasteiger partial charge in [0.1, 0.15) is 9.84 Å². The van der Waals surface area contributed by atoms with Crippen LogP contribution in [0.1, 0.15) is 28.8 Å². The number of piperidine rings is 1. The van der Waals surface area contributed by atoms with Crippen LogP contribution in [0.15, 0.2) is 24.3 Å². The van der Waals surface area contributed by atoms with Gasteiger partial charge in [0.25, 0.3) is 0 Å². The monoisotopic (exact) mass is 311 g/mol. The van der Waals surface area contributed by atoms with E-state index in [9.17, 15) is 13.2 Å². The second-order valence-electron chi connectivity index (χ2n) is 5.84. The molecule has 116 valence electrons. The summed E-state index contributed by atoms with van der Waals surface area (Å²) in [6.45, 7) is 2.35. The van der Waals surface area contributed by atoms with Crippen LogP contribution in [0.4, 0.5) is 0 Å². The van der Waals surface area contributed by atoms with Gasteiger partial charge in [-0.3, -0.25) is 4.90 Å². The summed E-state index contributed by atoms with van der Waals surface area (Å²) in [5.41, 5.74) is 1.24. The fourth-order valence-electron chi connectivity index (χ4n) is 2.92. The summed E-state index contributed by atoms with van der Waals surface area (Å²) in [5.74, 6) is -0.513. The van der Waals surface area contributed by atoms with Crippen molar-refractivity contribution in [2.24, 2.45) is 5.92 Å². The number of sulfone groups is 1. The Kier molecular flexibility index (Phi) is 5.00. The van der Waals surface area contributed by atoms with Crippen LogP contribution in [-0.2, 0) is 16.4 Å². The molecule has 1 aromatic rings. The smallest absolute Gasteiger partial charge is 0.335 e. The lowest BCUT2D eigenvalue weighted by atomic mass is 9.99. The average molecular weight is 311 g/mol. The molecule has 0 unspecified atom stereocenters. The van der Waals surface area contributed by atoms with Crippen molar-refractivity contribution in [3.05, 3.63) is 35.4 Å². The lowest BCUT2D eigenvalue weighted by Gasteiger charge is -2.32. The van der Waals surface area contributed by atoms with Gasteiger partial charge in [-0.05, 0) is 43.0 Å². The third kappa shape index (κ3) is 5.13. The van der Waals surface area contributed by atoms with Crippen LogP contribution < -0.4 is 0 Å². The van der Waals surface area contributed by atoms with Crippen LogP contribution in [0.3, 0.4) is 0 Å². The number of carbonyl (C=O) groups is 1. The van der Waals surface area contributed by atoms with E-state index in [-0.39, 0.29) is 17.2 Å².